The maximum Gasteiger partial charge on any atom is 0.320 e. The Morgan fingerprint density at radius 3 is 3.05 bits per heavy atom. The molecule has 2 amide bonds. The number of nitrogens with zero attached hydrogens (tertiary/aromatic N) is 2. The van der Waals surface area contributed by atoms with Crippen LogP contribution in [0.5, 0.6) is 0 Å². The number of fused-ring (bicyclic) bond motifs is 1. The van der Waals surface area contributed by atoms with Crippen LogP contribution in [0.2, 0.25) is 0 Å². The molecule has 0 aliphatic heterocycles. The van der Waals surface area contributed by atoms with E-state index in [0.29, 0.717) is 6.54 Å². The molecule has 2 N–H and O–H groups in total. The number of hydrogen-bond acceptors (Lipinski definition) is 3. The lowest BCUT2D eigenvalue weighted by Gasteiger charge is -2.08. The number of urea groups is 1. The Morgan fingerprint density at radius 1 is 1.45 bits per heavy atom. The van der Waals surface area contributed by atoms with E-state index < -0.39 is 0 Å². The predicted molar refractivity (Wildman–Crippen MR) is 74.5 cm³/mol. The summed E-state index contributed by atoms with van der Waals surface area (Å²) >= 11 is 0. The van der Waals surface area contributed by atoms with Crippen molar-refractivity contribution < 1.29 is 9.21 Å². The van der Waals surface area contributed by atoms with Crippen LogP contribution in [-0.4, -0.2) is 15.8 Å². The fourth-order valence-corrected chi connectivity index (χ4v) is 2.58. The highest BCUT2D eigenvalue weighted by Gasteiger charge is 2.21. The van der Waals surface area contributed by atoms with Gasteiger partial charge in [-0.3, -0.25) is 10.00 Å². The lowest BCUT2D eigenvalue weighted by Crippen LogP contribution is -2.29. The zero-order valence-corrected chi connectivity index (χ0v) is 11.7. The van der Waals surface area contributed by atoms with Crippen LogP contribution in [0.1, 0.15) is 29.2 Å². The summed E-state index contributed by atoms with van der Waals surface area (Å²) in [6.45, 7) is 2.25. The summed E-state index contributed by atoms with van der Waals surface area (Å²) in [5.74, 6) is 2.38. The maximum atomic E-state index is 11.9. The third-order valence-corrected chi connectivity index (χ3v) is 3.52. The first kappa shape index (κ1) is 12.8. The van der Waals surface area contributed by atoms with Gasteiger partial charge in [0.05, 0.1) is 12.2 Å². The minimum Gasteiger partial charge on any atom is -0.465 e. The van der Waals surface area contributed by atoms with Gasteiger partial charge in [0.15, 0.2) is 0 Å². The van der Waals surface area contributed by atoms with Crippen molar-refractivity contribution in [2.45, 2.75) is 32.7 Å². The molecule has 0 spiro atoms. The molecule has 2 aromatic heterocycles. The Balaban J connectivity index is 1.62. The van der Waals surface area contributed by atoms with Gasteiger partial charge in [0, 0.05) is 12.6 Å². The van der Waals surface area contributed by atoms with Crippen LogP contribution < -0.4 is 10.6 Å². The average Bonchev–Trinajstić information content (AvgIpc) is 3.07. The second-order valence-corrected chi connectivity index (χ2v) is 5.07. The molecule has 106 valence electrons. The van der Waals surface area contributed by atoms with Gasteiger partial charge in [-0.15, -0.1) is 0 Å². The monoisotopic (exact) mass is 274 g/mol. The van der Waals surface area contributed by atoms with Gasteiger partial charge in [-0.2, -0.15) is 5.10 Å². The first-order chi connectivity index (χ1) is 9.63. The molecule has 6 heteroatoms. The van der Waals surface area contributed by atoms with Crippen molar-refractivity contribution in [2.75, 3.05) is 5.32 Å². The minimum atomic E-state index is -0.239. The van der Waals surface area contributed by atoms with Crippen molar-refractivity contribution in [2.24, 2.45) is 7.05 Å². The van der Waals surface area contributed by atoms with E-state index in [0.717, 1.165) is 47.9 Å². The van der Waals surface area contributed by atoms with Crippen molar-refractivity contribution in [3.05, 3.63) is 34.9 Å². The van der Waals surface area contributed by atoms with E-state index in [2.05, 4.69) is 15.7 Å². The molecule has 2 aromatic rings. The zero-order chi connectivity index (χ0) is 14.1. The standard InChI is InChI=1S/C14H18N4O2/c1-9-6-7-10(20-9)8-15-14(19)16-13-11-4-3-5-12(11)17-18(13)2/h6-7H,3-5,8H2,1-2H3,(H2,15,16,19). The number of carbonyl (C=O) groups is 1. The molecule has 0 saturated heterocycles. The van der Waals surface area contributed by atoms with Crippen LogP contribution >= 0.6 is 0 Å². The topological polar surface area (TPSA) is 72.1 Å². The number of hydrogen-bond donors (Lipinski definition) is 2. The van der Waals surface area contributed by atoms with Crippen LogP contribution in [0, 0.1) is 6.92 Å². The fourth-order valence-electron chi connectivity index (χ4n) is 2.58. The number of nitrogens with one attached hydrogen (secondary N) is 2. The van der Waals surface area contributed by atoms with E-state index in [1.807, 2.05) is 26.1 Å². The van der Waals surface area contributed by atoms with Gasteiger partial charge in [0.25, 0.3) is 0 Å². The predicted octanol–water partition coefficient (Wildman–Crippen LogP) is 2.13. The maximum absolute atomic E-state index is 11.9. The molecule has 0 fully saturated rings. The second kappa shape index (κ2) is 5.03. The molecule has 6 nitrogen and oxygen atoms in total. The normalized spacial score (nSPS) is 13.3. The van der Waals surface area contributed by atoms with E-state index in [9.17, 15) is 4.79 Å². The van der Waals surface area contributed by atoms with Crippen LogP contribution in [0.25, 0.3) is 0 Å². The third kappa shape index (κ3) is 2.41. The molecule has 0 saturated carbocycles. The zero-order valence-electron chi connectivity index (χ0n) is 11.7. The molecule has 1 aliphatic rings. The first-order valence-electron chi connectivity index (χ1n) is 6.78. The van der Waals surface area contributed by atoms with Gasteiger partial charge in [-0.1, -0.05) is 0 Å². The number of amides is 2. The second-order valence-electron chi connectivity index (χ2n) is 5.07. The molecule has 0 radical (unpaired) electrons. The molecule has 0 bridgehead atoms. The smallest absolute Gasteiger partial charge is 0.320 e. The Hall–Kier alpha value is -2.24. The van der Waals surface area contributed by atoms with Crippen LogP contribution in [0.3, 0.4) is 0 Å². The Bertz CT molecular complexity index is 642. The molecular formula is C14H18N4O2. The van der Waals surface area contributed by atoms with Crippen molar-refractivity contribution in [3.63, 3.8) is 0 Å². The highest BCUT2D eigenvalue weighted by molar-refractivity contribution is 5.89. The van der Waals surface area contributed by atoms with Crippen molar-refractivity contribution in [1.82, 2.24) is 15.1 Å². The molecular weight excluding hydrogens is 256 g/mol. The van der Waals surface area contributed by atoms with E-state index in [1.165, 1.54) is 0 Å². The Kier molecular flexibility index (Phi) is 3.22. The van der Waals surface area contributed by atoms with Gasteiger partial charge in [0.2, 0.25) is 0 Å². The summed E-state index contributed by atoms with van der Waals surface area (Å²) in [6, 6.07) is 3.50. The van der Waals surface area contributed by atoms with Gasteiger partial charge < -0.3 is 9.73 Å². The van der Waals surface area contributed by atoms with Crippen molar-refractivity contribution in [3.8, 4) is 0 Å². The molecule has 0 aromatic carbocycles. The molecule has 0 unspecified atom stereocenters. The van der Waals surface area contributed by atoms with E-state index in [4.69, 9.17) is 4.42 Å². The Morgan fingerprint density at radius 2 is 2.30 bits per heavy atom. The van der Waals surface area contributed by atoms with E-state index in [1.54, 1.807) is 4.68 Å². The van der Waals surface area contributed by atoms with E-state index in [-0.39, 0.29) is 6.03 Å². The van der Waals surface area contributed by atoms with Gasteiger partial charge in [-0.05, 0) is 38.3 Å². The number of aryl methyl sites for hydroxylation is 3. The summed E-state index contributed by atoms with van der Waals surface area (Å²) in [5.41, 5.74) is 2.26. The number of anilines is 1. The summed E-state index contributed by atoms with van der Waals surface area (Å²) < 4.78 is 7.14. The SMILES string of the molecule is Cc1ccc(CNC(=O)Nc2c3c(nn2C)CCC3)o1. The first-order valence-corrected chi connectivity index (χ1v) is 6.78. The summed E-state index contributed by atoms with van der Waals surface area (Å²) in [6.07, 6.45) is 3.09. The van der Waals surface area contributed by atoms with Crippen molar-refractivity contribution >= 4 is 11.8 Å². The van der Waals surface area contributed by atoms with Gasteiger partial charge in [0.1, 0.15) is 17.3 Å². The highest BCUT2D eigenvalue weighted by Crippen LogP contribution is 2.27. The quantitative estimate of drug-likeness (QED) is 0.900. The summed E-state index contributed by atoms with van der Waals surface area (Å²) in [5, 5.41) is 10.1. The molecule has 1 aliphatic carbocycles. The largest absolute Gasteiger partial charge is 0.465 e. The van der Waals surface area contributed by atoms with Crippen LogP contribution in [0.4, 0.5) is 10.6 Å². The molecule has 3 rings (SSSR count). The van der Waals surface area contributed by atoms with Gasteiger partial charge in [-0.25, -0.2) is 4.79 Å². The molecule has 2 heterocycles. The van der Waals surface area contributed by atoms with Crippen LogP contribution in [0.15, 0.2) is 16.5 Å². The highest BCUT2D eigenvalue weighted by atomic mass is 16.3. The summed E-state index contributed by atoms with van der Waals surface area (Å²) in [7, 11) is 1.85. The number of furan rings is 1. The minimum absolute atomic E-state index is 0.239. The number of aromatic nitrogens is 2. The molecule has 0 atom stereocenters. The average molecular weight is 274 g/mol. The lowest BCUT2D eigenvalue weighted by atomic mass is 10.2. The summed E-state index contributed by atoms with van der Waals surface area (Å²) in [4.78, 5) is 11.9. The fraction of sp³-hybridized carbons (Fsp3) is 0.429. The van der Waals surface area contributed by atoms with Gasteiger partial charge >= 0.3 is 6.03 Å². The lowest BCUT2D eigenvalue weighted by molar-refractivity contribution is 0.250. The van der Waals surface area contributed by atoms with E-state index >= 15 is 0 Å². The number of carbonyl (C=O) groups excluding carboxylic acids is 1. The Labute approximate surface area is 117 Å². The van der Waals surface area contributed by atoms with Crippen molar-refractivity contribution in [1.29, 1.82) is 0 Å². The third-order valence-electron chi connectivity index (χ3n) is 3.52. The van der Waals surface area contributed by atoms with Crippen LogP contribution in [-0.2, 0) is 26.4 Å². The number of rotatable bonds is 3. The molecule has 20 heavy (non-hydrogen) atoms.